The summed E-state index contributed by atoms with van der Waals surface area (Å²) >= 11 is 0. The van der Waals surface area contributed by atoms with Crippen LogP contribution in [0.15, 0.2) is 84.6 Å². The second kappa shape index (κ2) is 8.15. The van der Waals surface area contributed by atoms with Gasteiger partial charge in [0.05, 0.1) is 0 Å². The molecule has 3 rings (SSSR count). The number of carboxylic acids is 1. The molecule has 0 radical (unpaired) electrons. The lowest BCUT2D eigenvalue weighted by Gasteiger charge is -2.11. The van der Waals surface area contributed by atoms with Gasteiger partial charge in [-0.1, -0.05) is 66.7 Å². The number of amides is 1. The van der Waals surface area contributed by atoms with Gasteiger partial charge in [-0.2, -0.15) is 0 Å². The number of nitrogens with one attached hydrogen (secondary N) is 1. The highest BCUT2D eigenvalue weighted by molar-refractivity contribution is 6.02. The van der Waals surface area contributed by atoms with E-state index in [-0.39, 0.29) is 5.70 Å². The predicted molar refractivity (Wildman–Crippen MR) is 106 cm³/mol. The van der Waals surface area contributed by atoms with E-state index in [9.17, 15) is 14.7 Å². The van der Waals surface area contributed by atoms with Gasteiger partial charge in [0, 0.05) is 5.56 Å². The molecule has 0 fully saturated rings. The Hall–Kier alpha value is -3.66. The number of hydrogen-bond acceptors (Lipinski definition) is 2. The monoisotopic (exact) mass is 357 g/mol. The van der Waals surface area contributed by atoms with E-state index in [0.29, 0.717) is 5.56 Å². The molecule has 0 aliphatic heterocycles. The molecule has 0 aromatic heterocycles. The Kier molecular flexibility index (Phi) is 5.47. The summed E-state index contributed by atoms with van der Waals surface area (Å²) in [4.78, 5) is 24.0. The minimum Gasteiger partial charge on any atom is -0.477 e. The van der Waals surface area contributed by atoms with Gasteiger partial charge in [0.1, 0.15) is 5.70 Å². The fourth-order valence-corrected chi connectivity index (χ4v) is 2.83. The van der Waals surface area contributed by atoms with Crippen LogP contribution in [0, 0.1) is 6.92 Å². The maximum Gasteiger partial charge on any atom is 0.352 e. The number of rotatable bonds is 5. The fraction of sp³-hybridized carbons (Fsp3) is 0.0435. The van der Waals surface area contributed by atoms with Crippen molar-refractivity contribution in [3.63, 3.8) is 0 Å². The number of carbonyl (C=O) groups is 2. The van der Waals surface area contributed by atoms with E-state index in [0.717, 1.165) is 22.3 Å². The van der Waals surface area contributed by atoms with Crippen LogP contribution in [0.1, 0.15) is 21.5 Å². The van der Waals surface area contributed by atoms with Crippen LogP contribution < -0.4 is 5.32 Å². The van der Waals surface area contributed by atoms with Crippen LogP contribution in [0.3, 0.4) is 0 Å². The van der Waals surface area contributed by atoms with E-state index in [1.165, 1.54) is 6.08 Å². The molecule has 0 unspecified atom stereocenters. The Bertz CT molecular complexity index is 993. The van der Waals surface area contributed by atoms with E-state index < -0.39 is 11.9 Å². The maximum absolute atomic E-state index is 12.3. The van der Waals surface area contributed by atoms with Crippen LogP contribution in [-0.4, -0.2) is 17.0 Å². The van der Waals surface area contributed by atoms with Gasteiger partial charge in [0.15, 0.2) is 0 Å². The number of aliphatic carboxylic acids is 1. The maximum atomic E-state index is 12.3. The molecule has 0 atom stereocenters. The Morgan fingerprint density at radius 3 is 2.11 bits per heavy atom. The third-order valence-electron chi connectivity index (χ3n) is 4.27. The highest BCUT2D eigenvalue weighted by Crippen LogP contribution is 2.26. The predicted octanol–water partition coefficient (Wildman–Crippen LogP) is 4.52. The number of hydrogen-bond donors (Lipinski definition) is 2. The van der Waals surface area contributed by atoms with Crippen molar-refractivity contribution in [3.8, 4) is 11.1 Å². The standard InChI is InChI=1S/C23H19NO3/c1-16-19(13-8-14-20(16)17-9-4-2-5-10-17)15-21(23(26)27)24-22(25)18-11-6-3-7-12-18/h2-15H,1H3,(H,24,25)(H,26,27). The third kappa shape index (κ3) is 4.30. The van der Waals surface area contributed by atoms with Crippen molar-refractivity contribution in [3.05, 3.63) is 101 Å². The van der Waals surface area contributed by atoms with Gasteiger partial charge in [-0.25, -0.2) is 4.79 Å². The number of carbonyl (C=O) groups excluding carboxylic acids is 1. The molecule has 0 bridgehead atoms. The molecular formula is C23H19NO3. The van der Waals surface area contributed by atoms with Gasteiger partial charge in [0.25, 0.3) is 5.91 Å². The second-order valence-electron chi connectivity index (χ2n) is 6.07. The minimum absolute atomic E-state index is 0.169. The van der Waals surface area contributed by atoms with Crippen molar-refractivity contribution >= 4 is 18.0 Å². The zero-order valence-corrected chi connectivity index (χ0v) is 14.8. The van der Waals surface area contributed by atoms with Crippen LogP contribution in [0.25, 0.3) is 17.2 Å². The lowest BCUT2D eigenvalue weighted by Crippen LogP contribution is -2.27. The summed E-state index contributed by atoms with van der Waals surface area (Å²) in [6.07, 6.45) is 1.49. The Labute approximate surface area is 157 Å². The molecule has 134 valence electrons. The van der Waals surface area contributed by atoms with Crippen LogP contribution in [0.4, 0.5) is 0 Å². The normalized spacial score (nSPS) is 11.1. The van der Waals surface area contributed by atoms with Gasteiger partial charge < -0.3 is 10.4 Å². The van der Waals surface area contributed by atoms with E-state index in [1.807, 2.05) is 55.5 Å². The van der Waals surface area contributed by atoms with Crippen molar-refractivity contribution < 1.29 is 14.7 Å². The molecule has 0 heterocycles. The first-order valence-electron chi connectivity index (χ1n) is 8.52. The van der Waals surface area contributed by atoms with Crippen molar-refractivity contribution in [2.45, 2.75) is 6.92 Å². The molecular weight excluding hydrogens is 338 g/mol. The Morgan fingerprint density at radius 2 is 1.48 bits per heavy atom. The van der Waals surface area contributed by atoms with Crippen LogP contribution in [0.2, 0.25) is 0 Å². The van der Waals surface area contributed by atoms with E-state index in [4.69, 9.17) is 0 Å². The van der Waals surface area contributed by atoms with Crippen molar-refractivity contribution in [2.24, 2.45) is 0 Å². The number of benzene rings is 3. The van der Waals surface area contributed by atoms with Gasteiger partial charge in [-0.05, 0) is 47.4 Å². The first-order chi connectivity index (χ1) is 13.1. The molecule has 3 aromatic carbocycles. The first kappa shape index (κ1) is 18.1. The molecule has 0 aliphatic carbocycles. The molecule has 27 heavy (non-hydrogen) atoms. The Balaban J connectivity index is 1.95. The molecule has 2 N–H and O–H groups in total. The number of carboxylic acid groups (broad SMARTS) is 1. The quantitative estimate of drug-likeness (QED) is 0.660. The van der Waals surface area contributed by atoms with Crippen LogP contribution in [-0.2, 0) is 4.79 Å². The lowest BCUT2D eigenvalue weighted by molar-refractivity contribution is -0.132. The summed E-state index contributed by atoms with van der Waals surface area (Å²) in [6, 6.07) is 24.1. The van der Waals surface area contributed by atoms with Gasteiger partial charge >= 0.3 is 5.97 Å². The molecule has 3 aromatic rings. The molecule has 0 spiro atoms. The topological polar surface area (TPSA) is 66.4 Å². The molecule has 4 nitrogen and oxygen atoms in total. The average Bonchev–Trinajstić information content (AvgIpc) is 2.70. The molecule has 0 saturated carbocycles. The van der Waals surface area contributed by atoms with Crippen molar-refractivity contribution in [2.75, 3.05) is 0 Å². The second-order valence-corrected chi connectivity index (χ2v) is 6.07. The Morgan fingerprint density at radius 1 is 0.852 bits per heavy atom. The molecule has 0 aliphatic rings. The fourth-order valence-electron chi connectivity index (χ4n) is 2.83. The molecule has 0 saturated heterocycles. The lowest BCUT2D eigenvalue weighted by atomic mass is 9.96. The summed E-state index contributed by atoms with van der Waals surface area (Å²) in [5, 5.41) is 12.0. The minimum atomic E-state index is -1.19. The molecule has 4 heteroatoms. The van der Waals surface area contributed by atoms with E-state index >= 15 is 0 Å². The molecule has 1 amide bonds. The van der Waals surface area contributed by atoms with Gasteiger partial charge in [-0.15, -0.1) is 0 Å². The average molecular weight is 357 g/mol. The summed E-state index contributed by atoms with van der Waals surface area (Å²) in [5.74, 6) is -1.65. The van der Waals surface area contributed by atoms with E-state index in [2.05, 4.69) is 5.32 Å². The third-order valence-corrected chi connectivity index (χ3v) is 4.27. The van der Waals surface area contributed by atoms with Crippen molar-refractivity contribution in [1.29, 1.82) is 0 Å². The summed E-state index contributed by atoms with van der Waals surface area (Å²) < 4.78 is 0. The van der Waals surface area contributed by atoms with E-state index in [1.54, 1.807) is 30.3 Å². The SMILES string of the molecule is Cc1c(C=C(NC(=O)c2ccccc2)C(=O)O)cccc1-c1ccccc1. The van der Waals surface area contributed by atoms with Crippen LogP contribution >= 0.6 is 0 Å². The summed E-state index contributed by atoms with van der Waals surface area (Å²) in [5.41, 5.74) is 3.98. The highest BCUT2D eigenvalue weighted by atomic mass is 16.4. The smallest absolute Gasteiger partial charge is 0.352 e. The highest BCUT2D eigenvalue weighted by Gasteiger charge is 2.14. The summed E-state index contributed by atoms with van der Waals surface area (Å²) in [7, 11) is 0. The first-order valence-corrected chi connectivity index (χ1v) is 8.52. The zero-order valence-electron chi connectivity index (χ0n) is 14.8. The van der Waals surface area contributed by atoms with Crippen LogP contribution in [0.5, 0.6) is 0 Å². The largest absolute Gasteiger partial charge is 0.477 e. The van der Waals surface area contributed by atoms with Crippen molar-refractivity contribution in [1.82, 2.24) is 5.32 Å². The summed E-state index contributed by atoms with van der Waals surface area (Å²) in [6.45, 7) is 1.94. The van der Waals surface area contributed by atoms with Gasteiger partial charge in [0.2, 0.25) is 0 Å². The van der Waals surface area contributed by atoms with Gasteiger partial charge in [-0.3, -0.25) is 4.79 Å². The zero-order chi connectivity index (χ0) is 19.2.